The smallest absolute Gasteiger partial charge is 0.226 e. The maximum Gasteiger partial charge on any atom is 0.226 e. The fourth-order valence-corrected chi connectivity index (χ4v) is 3.10. The molecule has 4 heteroatoms. The number of aromatic nitrogens is 3. The quantitative estimate of drug-likeness (QED) is 0.398. The van der Waals surface area contributed by atoms with Crippen molar-refractivity contribution in [3.8, 4) is 5.69 Å². The van der Waals surface area contributed by atoms with E-state index in [9.17, 15) is 5.21 Å². The third-order valence-corrected chi connectivity index (χ3v) is 4.11. The lowest BCUT2D eigenvalue weighted by Gasteiger charge is -2.09. The van der Waals surface area contributed by atoms with Gasteiger partial charge in [-0.2, -0.15) is 9.83 Å². The van der Waals surface area contributed by atoms with Gasteiger partial charge in [-0.05, 0) is 25.1 Å². The fourth-order valence-electron chi connectivity index (χ4n) is 3.10. The molecule has 0 unspecified atom stereocenters. The van der Waals surface area contributed by atoms with Gasteiger partial charge in [0.1, 0.15) is 0 Å². The van der Waals surface area contributed by atoms with Gasteiger partial charge in [-0.25, -0.2) is 4.68 Å². The van der Waals surface area contributed by atoms with E-state index in [4.69, 9.17) is 0 Å². The molecule has 0 aliphatic rings. The van der Waals surface area contributed by atoms with Crippen molar-refractivity contribution < 1.29 is 4.73 Å². The van der Waals surface area contributed by atoms with Crippen LogP contribution in [-0.2, 0) is 0 Å². The van der Waals surface area contributed by atoms with E-state index in [1.165, 1.54) is 0 Å². The number of hydrogen-bond donors (Lipinski definition) is 0. The summed E-state index contributed by atoms with van der Waals surface area (Å²) in [5.74, 6) is 0. The monoisotopic (exact) mass is 289 g/mol. The molecule has 0 bridgehead atoms. The number of para-hydroxylation sites is 2. The zero-order valence-electron chi connectivity index (χ0n) is 12.4. The number of pyridine rings is 1. The minimum atomic E-state index is 0.671. The van der Waals surface area contributed by atoms with Crippen molar-refractivity contribution in [1.82, 2.24) is 9.78 Å². The Balaban J connectivity index is 2.26. The molecule has 0 aliphatic heterocycles. The SMILES string of the molecule is Cc1nn(-c2ccccc2)c2c1c(C)[n+]([O-])c1ccccc21. The van der Waals surface area contributed by atoms with E-state index in [0.717, 1.165) is 32.4 Å². The average Bonchev–Trinajstić information content (AvgIpc) is 2.91. The van der Waals surface area contributed by atoms with Gasteiger partial charge in [-0.1, -0.05) is 30.3 Å². The van der Waals surface area contributed by atoms with Gasteiger partial charge in [0.25, 0.3) is 0 Å². The van der Waals surface area contributed by atoms with Gasteiger partial charge < -0.3 is 5.21 Å². The number of fused-ring (bicyclic) bond motifs is 3. The Morgan fingerprint density at radius 3 is 2.41 bits per heavy atom. The van der Waals surface area contributed by atoms with Crippen LogP contribution in [-0.4, -0.2) is 9.78 Å². The lowest BCUT2D eigenvalue weighted by atomic mass is 10.1. The summed E-state index contributed by atoms with van der Waals surface area (Å²) in [5, 5.41) is 19.0. The molecule has 0 saturated carbocycles. The highest BCUT2D eigenvalue weighted by molar-refractivity contribution is 6.04. The molecule has 4 aromatic rings. The lowest BCUT2D eigenvalue weighted by molar-refractivity contribution is -0.582. The van der Waals surface area contributed by atoms with Crippen LogP contribution in [0.4, 0.5) is 0 Å². The van der Waals surface area contributed by atoms with Gasteiger partial charge in [0.2, 0.25) is 11.2 Å². The largest absolute Gasteiger partial charge is 0.618 e. The van der Waals surface area contributed by atoms with Crippen LogP contribution in [0.2, 0.25) is 0 Å². The first-order valence-electron chi connectivity index (χ1n) is 7.24. The molecule has 2 aromatic heterocycles. The van der Waals surface area contributed by atoms with Crippen LogP contribution in [0.15, 0.2) is 54.6 Å². The minimum absolute atomic E-state index is 0.671. The Morgan fingerprint density at radius 2 is 1.64 bits per heavy atom. The summed E-state index contributed by atoms with van der Waals surface area (Å²) in [5.41, 5.74) is 4.21. The molecule has 0 aliphatic carbocycles. The van der Waals surface area contributed by atoms with Crippen LogP contribution in [0, 0.1) is 19.1 Å². The van der Waals surface area contributed by atoms with Crippen LogP contribution in [0.25, 0.3) is 27.5 Å². The van der Waals surface area contributed by atoms with Crippen LogP contribution in [0.3, 0.4) is 0 Å². The molecule has 2 heterocycles. The highest BCUT2D eigenvalue weighted by Gasteiger charge is 2.21. The zero-order chi connectivity index (χ0) is 15.3. The Morgan fingerprint density at radius 1 is 0.955 bits per heavy atom. The lowest BCUT2D eigenvalue weighted by Crippen LogP contribution is -2.31. The van der Waals surface area contributed by atoms with E-state index in [1.807, 2.05) is 73.1 Å². The van der Waals surface area contributed by atoms with Gasteiger partial charge in [0.05, 0.1) is 27.7 Å². The predicted octanol–water partition coefficient (Wildman–Crippen LogP) is 3.43. The van der Waals surface area contributed by atoms with Crippen molar-refractivity contribution in [1.29, 1.82) is 0 Å². The molecule has 0 saturated heterocycles. The summed E-state index contributed by atoms with van der Waals surface area (Å²) in [7, 11) is 0. The molecular formula is C18H15N3O. The highest BCUT2D eigenvalue weighted by atomic mass is 16.5. The van der Waals surface area contributed by atoms with Crippen LogP contribution in [0.1, 0.15) is 11.4 Å². The summed E-state index contributed by atoms with van der Waals surface area (Å²) < 4.78 is 2.93. The Bertz CT molecular complexity index is 1000. The first kappa shape index (κ1) is 12.8. The van der Waals surface area contributed by atoms with Crippen molar-refractivity contribution in [2.75, 3.05) is 0 Å². The summed E-state index contributed by atoms with van der Waals surface area (Å²) in [6.45, 7) is 3.80. The number of hydrogen-bond acceptors (Lipinski definition) is 2. The van der Waals surface area contributed by atoms with Gasteiger partial charge in [0.15, 0.2) is 0 Å². The summed E-state index contributed by atoms with van der Waals surface area (Å²) in [4.78, 5) is 0. The number of benzene rings is 2. The second-order valence-corrected chi connectivity index (χ2v) is 5.45. The highest BCUT2D eigenvalue weighted by Crippen LogP contribution is 2.29. The standard InChI is InChI=1S/C18H15N3O/c1-12-17-13(2)21(22)16-11-7-6-10-15(16)18(17)20(19-12)14-8-4-3-5-9-14/h3-11H,1-2H3. The fraction of sp³-hybridized carbons (Fsp3) is 0.111. The number of aryl methyl sites for hydroxylation is 2. The molecule has 22 heavy (non-hydrogen) atoms. The van der Waals surface area contributed by atoms with Crippen LogP contribution in [0.5, 0.6) is 0 Å². The van der Waals surface area contributed by atoms with Crippen molar-refractivity contribution in [2.24, 2.45) is 0 Å². The summed E-state index contributed by atoms with van der Waals surface area (Å²) in [6, 6.07) is 17.7. The van der Waals surface area contributed by atoms with E-state index in [0.29, 0.717) is 11.2 Å². The third-order valence-electron chi connectivity index (χ3n) is 4.11. The van der Waals surface area contributed by atoms with Gasteiger partial charge >= 0.3 is 0 Å². The van der Waals surface area contributed by atoms with Crippen molar-refractivity contribution in [3.05, 3.63) is 71.2 Å². The minimum Gasteiger partial charge on any atom is -0.618 e. The van der Waals surface area contributed by atoms with Crippen molar-refractivity contribution in [2.45, 2.75) is 13.8 Å². The normalized spacial score (nSPS) is 11.4. The molecule has 0 atom stereocenters. The van der Waals surface area contributed by atoms with E-state index >= 15 is 0 Å². The van der Waals surface area contributed by atoms with Gasteiger partial charge in [-0.15, -0.1) is 0 Å². The summed E-state index contributed by atoms with van der Waals surface area (Å²) in [6.07, 6.45) is 0. The molecule has 0 spiro atoms. The molecular weight excluding hydrogens is 274 g/mol. The van der Waals surface area contributed by atoms with Crippen molar-refractivity contribution >= 4 is 21.8 Å². The molecule has 2 aromatic carbocycles. The molecule has 0 N–H and O–H groups in total. The van der Waals surface area contributed by atoms with Crippen LogP contribution < -0.4 is 4.73 Å². The van der Waals surface area contributed by atoms with Crippen LogP contribution >= 0.6 is 0 Å². The number of rotatable bonds is 1. The third kappa shape index (κ3) is 1.64. The maximum atomic E-state index is 12.5. The van der Waals surface area contributed by atoms with Crippen molar-refractivity contribution in [3.63, 3.8) is 0 Å². The topological polar surface area (TPSA) is 44.8 Å². The second kappa shape index (κ2) is 4.56. The molecule has 0 amide bonds. The Labute approximate surface area is 127 Å². The molecule has 4 rings (SSSR count). The molecule has 108 valence electrons. The zero-order valence-corrected chi connectivity index (χ0v) is 12.4. The second-order valence-electron chi connectivity index (χ2n) is 5.45. The molecule has 4 nitrogen and oxygen atoms in total. The molecule has 0 fully saturated rings. The Kier molecular flexibility index (Phi) is 2.66. The first-order chi connectivity index (χ1) is 10.7. The average molecular weight is 289 g/mol. The molecule has 0 radical (unpaired) electrons. The van der Waals surface area contributed by atoms with Gasteiger partial charge in [-0.3, -0.25) is 0 Å². The van der Waals surface area contributed by atoms with Gasteiger partial charge in [0, 0.05) is 13.0 Å². The van der Waals surface area contributed by atoms with E-state index in [-0.39, 0.29) is 0 Å². The maximum absolute atomic E-state index is 12.5. The first-order valence-corrected chi connectivity index (χ1v) is 7.24. The number of nitrogens with zero attached hydrogens (tertiary/aromatic N) is 3. The Hall–Kier alpha value is -2.88. The van der Waals surface area contributed by atoms with E-state index < -0.39 is 0 Å². The predicted molar refractivity (Wildman–Crippen MR) is 87.0 cm³/mol. The van der Waals surface area contributed by atoms with E-state index in [1.54, 1.807) is 0 Å². The summed E-state index contributed by atoms with van der Waals surface area (Å²) >= 11 is 0. The van der Waals surface area contributed by atoms with E-state index in [2.05, 4.69) is 5.10 Å².